The average molecular weight is 673 g/mol. The number of benzene rings is 7. The molecule has 0 unspecified atom stereocenters. The molecule has 0 fully saturated rings. The molecule has 53 heavy (non-hydrogen) atoms. The van der Waals surface area contributed by atoms with E-state index in [9.17, 15) is 5.26 Å². The number of hydrogen-bond donors (Lipinski definition) is 0. The lowest BCUT2D eigenvalue weighted by molar-refractivity contribution is 0.794. The van der Waals surface area contributed by atoms with Gasteiger partial charge in [-0.05, 0) is 97.6 Å². The van der Waals surface area contributed by atoms with Crippen molar-refractivity contribution < 1.29 is 0 Å². The second-order valence-corrected chi connectivity index (χ2v) is 13.5. The van der Waals surface area contributed by atoms with Crippen molar-refractivity contribution in [2.75, 3.05) is 0 Å². The third-order valence-electron chi connectivity index (χ3n) is 10.7. The monoisotopic (exact) mass is 672 g/mol. The summed E-state index contributed by atoms with van der Waals surface area (Å²) in [5, 5.41) is 9.72. The number of fused-ring (bicyclic) bond motifs is 10. The smallest absolute Gasteiger partial charge is 0.189 e. The minimum atomic E-state index is -0.420. The van der Waals surface area contributed by atoms with Gasteiger partial charge in [-0.3, -0.25) is 0 Å². The molecule has 0 atom stereocenters. The summed E-state index contributed by atoms with van der Waals surface area (Å²) in [5.74, 6) is 0.568. The van der Waals surface area contributed by atoms with Crippen molar-refractivity contribution >= 4 is 5.69 Å². The van der Waals surface area contributed by atoms with Crippen LogP contribution in [-0.2, 0) is 5.41 Å². The normalized spacial score (nSPS) is 12.6. The number of nitrogens with zero attached hydrogens (tertiary/aromatic N) is 4. The van der Waals surface area contributed by atoms with E-state index in [0.29, 0.717) is 28.3 Å². The maximum Gasteiger partial charge on any atom is 0.189 e. The van der Waals surface area contributed by atoms with E-state index in [1.165, 1.54) is 44.5 Å². The number of rotatable bonds is 4. The van der Waals surface area contributed by atoms with Crippen molar-refractivity contribution in [3.63, 3.8) is 0 Å². The lowest BCUT2D eigenvalue weighted by Gasteiger charge is -2.30. The predicted molar refractivity (Wildman–Crippen MR) is 211 cm³/mol. The SMILES string of the molecule is [C-]#[N+]c1cc(C#N)cc(-c2cc(-c3ccccc3)nc(-c3cccc(-c4ccc5c(c4)C4(c6ccccc6-c6ccccc64)c4ccccc4-5)c3)n2)c1. The summed E-state index contributed by atoms with van der Waals surface area (Å²) < 4.78 is 0. The molecule has 244 valence electrons. The van der Waals surface area contributed by atoms with Crippen LogP contribution in [0.3, 0.4) is 0 Å². The molecule has 7 aromatic carbocycles. The maximum absolute atomic E-state index is 9.72. The molecule has 1 aromatic heterocycles. The Labute approximate surface area is 307 Å². The highest BCUT2D eigenvalue weighted by Crippen LogP contribution is 2.63. The molecule has 8 aromatic rings. The van der Waals surface area contributed by atoms with Crippen molar-refractivity contribution in [1.82, 2.24) is 9.97 Å². The fraction of sp³-hybridized carbons (Fsp3) is 0.0204. The summed E-state index contributed by atoms with van der Waals surface area (Å²) in [6.07, 6.45) is 0. The van der Waals surface area contributed by atoms with Crippen LogP contribution in [0.2, 0.25) is 0 Å². The largest absolute Gasteiger partial charge is 0.238 e. The zero-order valence-corrected chi connectivity index (χ0v) is 28.5. The molecular formula is C49H28N4. The van der Waals surface area contributed by atoms with Crippen molar-refractivity contribution in [1.29, 1.82) is 5.26 Å². The van der Waals surface area contributed by atoms with E-state index >= 15 is 0 Å². The van der Waals surface area contributed by atoms with Gasteiger partial charge < -0.3 is 0 Å². The fourth-order valence-electron chi connectivity index (χ4n) is 8.48. The third-order valence-corrected chi connectivity index (χ3v) is 10.7. The van der Waals surface area contributed by atoms with Crippen LogP contribution in [0, 0.1) is 17.9 Å². The van der Waals surface area contributed by atoms with Crippen LogP contribution in [0.5, 0.6) is 0 Å². The first-order valence-electron chi connectivity index (χ1n) is 17.6. The van der Waals surface area contributed by atoms with Gasteiger partial charge in [0.15, 0.2) is 11.5 Å². The van der Waals surface area contributed by atoms with Gasteiger partial charge in [0, 0.05) is 16.7 Å². The maximum atomic E-state index is 9.72. The molecule has 0 saturated heterocycles. The highest BCUT2D eigenvalue weighted by molar-refractivity contribution is 5.96. The van der Waals surface area contributed by atoms with E-state index in [1.54, 1.807) is 18.2 Å². The van der Waals surface area contributed by atoms with Gasteiger partial charge in [0.25, 0.3) is 0 Å². The van der Waals surface area contributed by atoms with Gasteiger partial charge >= 0.3 is 0 Å². The Bertz CT molecular complexity index is 2780. The molecule has 0 radical (unpaired) electrons. The van der Waals surface area contributed by atoms with Crippen molar-refractivity contribution in [2.24, 2.45) is 0 Å². The minimum absolute atomic E-state index is 0.395. The lowest BCUT2D eigenvalue weighted by Crippen LogP contribution is -2.25. The van der Waals surface area contributed by atoms with Crippen LogP contribution in [0.15, 0.2) is 170 Å². The molecular weight excluding hydrogens is 645 g/mol. The van der Waals surface area contributed by atoms with E-state index < -0.39 is 5.41 Å². The highest BCUT2D eigenvalue weighted by atomic mass is 14.9. The van der Waals surface area contributed by atoms with E-state index in [1.807, 2.05) is 42.5 Å². The molecule has 0 bridgehead atoms. The molecule has 4 heteroatoms. The van der Waals surface area contributed by atoms with Gasteiger partial charge in [-0.15, -0.1) is 0 Å². The number of aromatic nitrogens is 2. The highest BCUT2D eigenvalue weighted by Gasteiger charge is 2.51. The number of nitriles is 1. The Morgan fingerprint density at radius 2 is 1.00 bits per heavy atom. The van der Waals surface area contributed by atoms with Crippen LogP contribution in [0.1, 0.15) is 27.8 Å². The topological polar surface area (TPSA) is 53.9 Å². The van der Waals surface area contributed by atoms with Crippen molar-refractivity contribution in [2.45, 2.75) is 5.41 Å². The first-order chi connectivity index (χ1) is 26.1. The summed E-state index contributed by atoms with van der Waals surface area (Å²) >= 11 is 0. The molecule has 10 rings (SSSR count). The Morgan fingerprint density at radius 1 is 0.453 bits per heavy atom. The van der Waals surface area contributed by atoms with Crippen LogP contribution in [0.4, 0.5) is 5.69 Å². The van der Waals surface area contributed by atoms with Crippen LogP contribution in [-0.4, -0.2) is 9.97 Å². The first-order valence-corrected chi connectivity index (χ1v) is 17.6. The summed E-state index contributed by atoms with van der Waals surface area (Å²) in [5.41, 5.74) is 16.9. The summed E-state index contributed by atoms with van der Waals surface area (Å²) in [6.45, 7) is 7.63. The van der Waals surface area contributed by atoms with E-state index in [0.717, 1.165) is 27.9 Å². The molecule has 0 aliphatic heterocycles. The molecule has 0 saturated carbocycles. The summed E-state index contributed by atoms with van der Waals surface area (Å²) in [4.78, 5) is 13.7. The van der Waals surface area contributed by atoms with Gasteiger partial charge in [0.1, 0.15) is 0 Å². The standard InChI is InChI=1S/C49H28N4/c1-51-37-25-31(30-50)24-36(27-37)47-29-46(32-12-3-2-4-13-32)52-48(53-47)35-15-11-14-33(26-35)34-22-23-41-40-18-7-10-21-44(40)49(45(41)28-34)42-19-8-5-16-38(42)39-17-6-9-20-43(39)49/h2-29H. The fourth-order valence-corrected chi connectivity index (χ4v) is 8.48. The summed E-state index contributed by atoms with van der Waals surface area (Å²) in [6, 6.07) is 61.2. The second kappa shape index (κ2) is 11.8. The van der Waals surface area contributed by atoms with Crippen molar-refractivity contribution in [3.8, 4) is 73.4 Å². The molecule has 1 spiro atoms. The predicted octanol–water partition coefficient (Wildman–Crippen LogP) is 11.9. The van der Waals surface area contributed by atoms with Gasteiger partial charge in [0.05, 0.1) is 29.4 Å². The molecule has 0 amide bonds. The van der Waals surface area contributed by atoms with Crippen molar-refractivity contribution in [3.05, 3.63) is 209 Å². The zero-order chi connectivity index (χ0) is 35.5. The van der Waals surface area contributed by atoms with Crippen LogP contribution >= 0.6 is 0 Å². The molecule has 0 N–H and O–H groups in total. The molecule has 4 nitrogen and oxygen atoms in total. The quantitative estimate of drug-likeness (QED) is 0.175. The summed E-state index contributed by atoms with van der Waals surface area (Å²) in [7, 11) is 0. The third kappa shape index (κ3) is 4.60. The minimum Gasteiger partial charge on any atom is -0.238 e. The first kappa shape index (κ1) is 30.4. The van der Waals surface area contributed by atoms with E-state index in [-0.39, 0.29) is 0 Å². The molecule has 2 aliphatic rings. The Morgan fingerprint density at radius 3 is 1.64 bits per heavy atom. The number of hydrogen-bond acceptors (Lipinski definition) is 3. The van der Waals surface area contributed by atoms with E-state index in [4.69, 9.17) is 16.5 Å². The molecule has 1 heterocycles. The average Bonchev–Trinajstić information content (AvgIpc) is 3.71. The van der Waals surface area contributed by atoms with Gasteiger partial charge in [0.2, 0.25) is 0 Å². The Kier molecular flexibility index (Phi) is 6.80. The second-order valence-electron chi connectivity index (χ2n) is 13.5. The van der Waals surface area contributed by atoms with Crippen LogP contribution in [0.25, 0.3) is 72.1 Å². The van der Waals surface area contributed by atoms with Gasteiger partial charge in [-0.1, -0.05) is 133 Å². The Hall–Kier alpha value is -7.40. The zero-order valence-electron chi connectivity index (χ0n) is 28.5. The Balaban J connectivity index is 1.15. The molecule has 2 aliphatic carbocycles. The van der Waals surface area contributed by atoms with Gasteiger partial charge in [-0.25, -0.2) is 14.8 Å². The van der Waals surface area contributed by atoms with Gasteiger partial charge in [-0.2, -0.15) is 5.26 Å². The lowest BCUT2D eigenvalue weighted by atomic mass is 9.70. The van der Waals surface area contributed by atoms with E-state index in [2.05, 4.69) is 120 Å². The van der Waals surface area contributed by atoms with Crippen LogP contribution < -0.4 is 0 Å².